The standard InChI is InChI=1S/C15H18N2OS2.ClH/c1-19-9-7-13(16)15(18)17-12-5-2-4-11(10-12)14-6-3-8-20-14;/h2-6,8,10,13H,7,9,16H2,1H3,(H,17,18);1H/t13-;/m0./s1. The van der Waals surface area contributed by atoms with Crippen LogP contribution in [0.25, 0.3) is 10.4 Å². The molecule has 6 heteroatoms. The Kier molecular flexibility index (Phi) is 7.82. The quantitative estimate of drug-likeness (QED) is 0.838. The van der Waals surface area contributed by atoms with E-state index in [-0.39, 0.29) is 18.3 Å². The van der Waals surface area contributed by atoms with E-state index in [0.717, 1.165) is 17.0 Å². The average molecular weight is 343 g/mol. The first-order valence-corrected chi connectivity index (χ1v) is 8.67. The maximum Gasteiger partial charge on any atom is 0.241 e. The van der Waals surface area contributed by atoms with Crippen molar-refractivity contribution >= 4 is 47.1 Å². The molecule has 0 aliphatic heterocycles. The van der Waals surface area contributed by atoms with Crippen molar-refractivity contribution < 1.29 is 4.79 Å². The van der Waals surface area contributed by atoms with E-state index in [1.807, 2.05) is 42.0 Å². The Hall–Kier alpha value is -1.01. The Morgan fingerprint density at radius 2 is 2.19 bits per heavy atom. The molecule has 1 atom stereocenters. The number of anilines is 1. The zero-order valence-corrected chi connectivity index (χ0v) is 14.2. The number of amides is 1. The molecule has 0 fully saturated rings. The van der Waals surface area contributed by atoms with E-state index in [2.05, 4.69) is 11.4 Å². The number of halogens is 1. The number of benzene rings is 1. The lowest BCUT2D eigenvalue weighted by atomic mass is 10.1. The van der Waals surface area contributed by atoms with Gasteiger partial charge in [0.15, 0.2) is 0 Å². The first kappa shape index (κ1) is 18.0. The molecule has 114 valence electrons. The highest BCUT2D eigenvalue weighted by molar-refractivity contribution is 7.98. The molecule has 1 heterocycles. The van der Waals surface area contributed by atoms with Crippen molar-refractivity contribution in [3.8, 4) is 10.4 Å². The molecule has 0 saturated carbocycles. The van der Waals surface area contributed by atoms with Gasteiger partial charge < -0.3 is 11.1 Å². The Morgan fingerprint density at radius 1 is 1.38 bits per heavy atom. The molecule has 0 spiro atoms. The summed E-state index contributed by atoms with van der Waals surface area (Å²) >= 11 is 3.38. The molecular formula is C15H19ClN2OS2. The summed E-state index contributed by atoms with van der Waals surface area (Å²) in [5, 5.41) is 4.92. The smallest absolute Gasteiger partial charge is 0.241 e. The van der Waals surface area contributed by atoms with Crippen LogP contribution in [0.2, 0.25) is 0 Å². The van der Waals surface area contributed by atoms with Gasteiger partial charge in [-0.3, -0.25) is 4.79 Å². The molecule has 2 aromatic rings. The predicted molar refractivity (Wildman–Crippen MR) is 96.6 cm³/mol. The zero-order chi connectivity index (χ0) is 14.4. The normalized spacial score (nSPS) is 11.5. The summed E-state index contributed by atoms with van der Waals surface area (Å²) in [6, 6.07) is 11.5. The van der Waals surface area contributed by atoms with Gasteiger partial charge in [0.1, 0.15) is 0 Å². The Morgan fingerprint density at radius 3 is 2.86 bits per heavy atom. The number of hydrogen-bond acceptors (Lipinski definition) is 4. The second-order valence-electron chi connectivity index (χ2n) is 4.44. The monoisotopic (exact) mass is 342 g/mol. The summed E-state index contributed by atoms with van der Waals surface area (Å²) in [5.74, 6) is 0.770. The first-order chi connectivity index (χ1) is 9.70. The van der Waals surface area contributed by atoms with Crippen LogP contribution in [0, 0.1) is 0 Å². The van der Waals surface area contributed by atoms with Gasteiger partial charge in [0.05, 0.1) is 6.04 Å². The fraction of sp³-hybridized carbons (Fsp3) is 0.267. The zero-order valence-electron chi connectivity index (χ0n) is 11.7. The summed E-state index contributed by atoms with van der Waals surface area (Å²) < 4.78 is 0. The molecule has 0 unspecified atom stereocenters. The Balaban J connectivity index is 0.00000220. The van der Waals surface area contributed by atoms with Gasteiger partial charge >= 0.3 is 0 Å². The van der Waals surface area contributed by atoms with Gasteiger partial charge in [-0.15, -0.1) is 23.7 Å². The second-order valence-corrected chi connectivity index (χ2v) is 6.37. The van der Waals surface area contributed by atoms with Crippen LogP contribution < -0.4 is 11.1 Å². The minimum Gasteiger partial charge on any atom is -0.325 e. The number of carbonyl (C=O) groups excluding carboxylic acids is 1. The van der Waals surface area contributed by atoms with E-state index in [4.69, 9.17) is 5.73 Å². The summed E-state index contributed by atoms with van der Waals surface area (Å²) in [6.45, 7) is 0. The van der Waals surface area contributed by atoms with Gasteiger partial charge in [-0.2, -0.15) is 11.8 Å². The van der Waals surface area contributed by atoms with Gasteiger partial charge in [-0.25, -0.2) is 0 Å². The minimum atomic E-state index is -0.451. The maximum atomic E-state index is 12.0. The van der Waals surface area contributed by atoms with Gasteiger partial charge in [0.2, 0.25) is 5.91 Å². The summed E-state index contributed by atoms with van der Waals surface area (Å²) in [4.78, 5) is 13.2. The molecule has 3 N–H and O–H groups in total. The van der Waals surface area contributed by atoms with Crippen molar-refractivity contribution in [3.63, 3.8) is 0 Å². The summed E-state index contributed by atoms with van der Waals surface area (Å²) in [5.41, 5.74) is 7.76. The van der Waals surface area contributed by atoms with Crippen molar-refractivity contribution in [2.75, 3.05) is 17.3 Å². The fourth-order valence-corrected chi connectivity index (χ4v) is 3.02. The number of nitrogens with two attached hydrogens (primary N) is 1. The van der Waals surface area contributed by atoms with Crippen molar-refractivity contribution in [2.24, 2.45) is 5.73 Å². The van der Waals surface area contributed by atoms with Gasteiger partial charge in [0.25, 0.3) is 0 Å². The molecular weight excluding hydrogens is 324 g/mol. The molecule has 0 aliphatic rings. The van der Waals surface area contributed by atoms with Crippen LogP contribution >= 0.6 is 35.5 Å². The third-order valence-electron chi connectivity index (χ3n) is 2.91. The molecule has 1 aromatic heterocycles. The van der Waals surface area contributed by atoms with E-state index in [9.17, 15) is 4.79 Å². The van der Waals surface area contributed by atoms with Crippen LogP contribution in [-0.2, 0) is 4.79 Å². The van der Waals surface area contributed by atoms with Crippen LogP contribution in [0.4, 0.5) is 5.69 Å². The number of thiophene rings is 1. The molecule has 0 bridgehead atoms. The van der Waals surface area contributed by atoms with Crippen LogP contribution in [0.5, 0.6) is 0 Å². The largest absolute Gasteiger partial charge is 0.325 e. The van der Waals surface area contributed by atoms with Crippen LogP contribution in [-0.4, -0.2) is 24.0 Å². The molecule has 0 radical (unpaired) electrons. The molecule has 2 rings (SSSR count). The third kappa shape index (κ3) is 5.36. The predicted octanol–water partition coefficient (Wildman–Crippen LogP) is 3.86. The van der Waals surface area contributed by atoms with E-state index in [0.29, 0.717) is 6.42 Å². The molecule has 21 heavy (non-hydrogen) atoms. The topological polar surface area (TPSA) is 55.1 Å². The van der Waals surface area contributed by atoms with Crippen molar-refractivity contribution in [1.29, 1.82) is 0 Å². The van der Waals surface area contributed by atoms with E-state index >= 15 is 0 Å². The maximum absolute atomic E-state index is 12.0. The average Bonchev–Trinajstić information content (AvgIpc) is 2.99. The lowest BCUT2D eigenvalue weighted by Crippen LogP contribution is -2.36. The van der Waals surface area contributed by atoms with E-state index < -0.39 is 6.04 Å². The fourth-order valence-electron chi connectivity index (χ4n) is 1.80. The number of carbonyl (C=O) groups is 1. The van der Waals surface area contributed by atoms with Gasteiger partial charge in [0, 0.05) is 10.6 Å². The Bertz CT molecular complexity index is 561. The van der Waals surface area contributed by atoms with Crippen molar-refractivity contribution in [1.82, 2.24) is 0 Å². The highest BCUT2D eigenvalue weighted by atomic mass is 35.5. The lowest BCUT2D eigenvalue weighted by Gasteiger charge is -2.12. The SMILES string of the molecule is CSCC[C@H](N)C(=O)Nc1cccc(-c2cccs2)c1.Cl. The molecule has 0 saturated heterocycles. The number of rotatable bonds is 6. The second kappa shape index (κ2) is 9.10. The molecule has 1 aromatic carbocycles. The van der Waals surface area contributed by atoms with Crippen LogP contribution in [0.3, 0.4) is 0 Å². The van der Waals surface area contributed by atoms with Crippen LogP contribution in [0.15, 0.2) is 41.8 Å². The van der Waals surface area contributed by atoms with Gasteiger partial charge in [-0.1, -0.05) is 18.2 Å². The Labute approximate surface area is 139 Å². The third-order valence-corrected chi connectivity index (χ3v) is 4.47. The highest BCUT2D eigenvalue weighted by Crippen LogP contribution is 2.26. The molecule has 1 amide bonds. The first-order valence-electron chi connectivity index (χ1n) is 6.40. The lowest BCUT2D eigenvalue weighted by molar-refractivity contribution is -0.117. The minimum absolute atomic E-state index is 0. The summed E-state index contributed by atoms with van der Waals surface area (Å²) in [7, 11) is 0. The van der Waals surface area contributed by atoms with E-state index in [1.54, 1.807) is 23.1 Å². The molecule has 3 nitrogen and oxygen atoms in total. The number of nitrogens with one attached hydrogen (secondary N) is 1. The van der Waals surface area contributed by atoms with Crippen molar-refractivity contribution in [2.45, 2.75) is 12.5 Å². The highest BCUT2D eigenvalue weighted by Gasteiger charge is 2.13. The molecule has 0 aliphatic carbocycles. The number of hydrogen-bond donors (Lipinski definition) is 2. The summed E-state index contributed by atoms with van der Waals surface area (Å²) in [6.07, 6.45) is 2.70. The van der Waals surface area contributed by atoms with Gasteiger partial charge in [-0.05, 0) is 47.6 Å². The van der Waals surface area contributed by atoms with Crippen molar-refractivity contribution in [3.05, 3.63) is 41.8 Å². The van der Waals surface area contributed by atoms with E-state index in [1.165, 1.54) is 4.88 Å². The number of thioether (sulfide) groups is 1. The van der Waals surface area contributed by atoms with Crippen LogP contribution in [0.1, 0.15) is 6.42 Å².